The smallest absolute Gasteiger partial charge is 0.398 e. The molecule has 0 aliphatic heterocycles. The van der Waals surface area contributed by atoms with Gasteiger partial charge in [0.25, 0.3) is 0 Å². The molecule has 0 bridgehead atoms. The first kappa shape index (κ1) is 10.7. The van der Waals surface area contributed by atoms with Crippen molar-refractivity contribution in [3.05, 3.63) is 36.4 Å². The lowest BCUT2D eigenvalue weighted by Gasteiger charge is -2.07. The van der Waals surface area contributed by atoms with Gasteiger partial charge in [-0.25, -0.2) is 0 Å². The molecule has 0 aliphatic carbocycles. The quantitative estimate of drug-likeness (QED) is 0.613. The van der Waals surface area contributed by atoms with Crippen molar-refractivity contribution < 1.29 is 17.2 Å². The summed E-state index contributed by atoms with van der Waals surface area (Å²) >= 11 is 0. The molecular weight excluding hydrogens is 230 g/mol. The average molecular weight is 239 g/mol. The van der Waals surface area contributed by atoms with Gasteiger partial charge in [-0.05, 0) is 12.1 Å². The first-order valence-electron chi connectivity index (χ1n) is 4.41. The summed E-state index contributed by atoms with van der Waals surface area (Å²) in [4.78, 5) is 0. The topological polar surface area (TPSA) is 89.6 Å². The number of fused-ring (bicyclic) bond motifs is 1. The Balaban J connectivity index is 2.68. The zero-order valence-electron chi connectivity index (χ0n) is 8.12. The molecule has 0 atom stereocenters. The Morgan fingerprint density at radius 2 is 1.69 bits per heavy atom. The first-order valence-corrected chi connectivity index (χ1v) is 5.78. The van der Waals surface area contributed by atoms with Crippen molar-refractivity contribution in [2.75, 3.05) is 5.73 Å². The number of nitrogens with two attached hydrogens (primary N) is 1. The van der Waals surface area contributed by atoms with Gasteiger partial charge in [0.1, 0.15) is 0 Å². The van der Waals surface area contributed by atoms with E-state index in [-0.39, 0.29) is 5.75 Å². The maximum Gasteiger partial charge on any atom is 0.446 e. The highest BCUT2D eigenvalue weighted by Gasteiger charge is 2.11. The van der Waals surface area contributed by atoms with E-state index in [1.54, 1.807) is 24.3 Å². The maximum atomic E-state index is 10.6. The molecule has 0 unspecified atom stereocenters. The first-order chi connectivity index (χ1) is 7.47. The zero-order chi connectivity index (χ0) is 11.8. The molecule has 0 aromatic heterocycles. The van der Waals surface area contributed by atoms with Crippen molar-refractivity contribution in [3.63, 3.8) is 0 Å². The standard InChI is InChI=1S/C10H9NO4S/c11-9-5-6-10(15-16(12,13)14)8-4-2-1-3-7(8)9/h1-6H,11H2,(H,12,13,14). The van der Waals surface area contributed by atoms with Crippen LogP contribution in [0.1, 0.15) is 0 Å². The SMILES string of the molecule is Nc1ccc(OS(=O)(=O)O)c2ccccc12. The second-order valence-electron chi connectivity index (χ2n) is 3.21. The third-order valence-electron chi connectivity index (χ3n) is 2.11. The van der Waals surface area contributed by atoms with Gasteiger partial charge in [0.05, 0.1) is 0 Å². The summed E-state index contributed by atoms with van der Waals surface area (Å²) in [6, 6.07) is 9.80. The van der Waals surface area contributed by atoms with Crippen molar-refractivity contribution in [2.45, 2.75) is 0 Å². The van der Waals surface area contributed by atoms with Gasteiger partial charge in [0.2, 0.25) is 0 Å². The lowest BCUT2D eigenvalue weighted by Crippen LogP contribution is -2.07. The Bertz CT molecular complexity index is 636. The maximum absolute atomic E-state index is 10.6. The van der Waals surface area contributed by atoms with E-state index < -0.39 is 10.4 Å². The van der Waals surface area contributed by atoms with Gasteiger partial charge in [0, 0.05) is 16.5 Å². The number of rotatable bonds is 2. The second-order valence-corrected chi connectivity index (χ2v) is 4.23. The lowest BCUT2D eigenvalue weighted by molar-refractivity contribution is 0.388. The third kappa shape index (κ3) is 2.07. The number of hydrogen-bond donors (Lipinski definition) is 2. The van der Waals surface area contributed by atoms with E-state index in [0.29, 0.717) is 16.5 Å². The molecule has 2 aromatic rings. The Kier molecular flexibility index (Phi) is 2.45. The van der Waals surface area contributed by atoms with Crippen LogP contribution in [0.3, 0.4) is 0 Å². The predicted octanol–water partition coefficient (Wildman–Crippen LogP) is 1.60. The number of benzene rings is 2. The van der Waals surface area contributed by atoms with Crippen molar-refractivity contribution in [2.24, 2.45) is 0 Å². The van der Waals surface area contributed by atoms with E-state index in [9.17, 15) is 8.42 Å². The molecule has 2 aromatic carbocycles. The number of hydrogen-bond acceptors (Lipinski definition) is 4. The minimum Gasteiger partial charge on any atom is -0.398 e. The van der Waals surface area contributed by atoms with Gasteiger partial charge in [-0.15, -0.1) is 0 Å². The van der Waals surface area contributed by atoms with Crippen LogP contribution in [0.2, 0.25) is 0 Å². The molecule has 0 radical (unpaired) electrons. The van der Waals surface area contributed by atoms with E-state index in [1.165, 1.54) is 12.1 Å². The van der Waals surface area contributed by atoms with Crippen molar-refractivity contribution in [3.8, 4) is 5.75 Å². The number of anilines is 1. The van der Waals surface area contributed by atoms with Gasteiger partial charge in [0.15, 0.2) is 5.75 Å². The molecule has 0 amide bonds. The van der Waals surface area contributed by atoms with Gasteiger partial charge in [-0.1, -0.05) is 24.3 Å². The number of nitrogen functional groups attached to an aromatic ring is 1. The monoisotopic (exact) mass is 239 g/mol. The van der Waals surface area contributed by atoms with Crippen LogP contribution in [-0.4, -0.2) is 13.0 Å². The summed E-state index contributed by atoms with van der Waals surface area (Å²) in [7, 11) is -4.52. The van der Waals surface area contributed by atoms with Crippen LogP contribution in [-0.2, 0) is 10.4 Å². The molecule has 2 rings (SSSR count). The van der Waals surface area contributed by atoms with Crippen LogP contribution in [0.15, 0.2) is 36.4 Å². The zero-order valence-corrected chi connectivity index (χ0v) is 8.94. The Morgan fingerprint density at radius 3 is 2.31 bits per heavy atom. The van der Waals surface area contributed by atoms with Crippen LogP contribution in [0, 0.1) is 0 Å². The fraction of sp³-hybridized carbons (Fsp3) is 0. The average Bonchev–Trinajstić information content (AvgIpc) is 2.21. The summed E-state index contributed by atoms with van der Waals surface area (Å²) in [5.41, 5.74) is 6.23. The Morgan fingerprint density at radius 1 is 1.06 bits per heavy atom. The van der Waals surface area contributed by atoms with Gasteiger partial charge in [-0.2, -0.15) is 8.42 Å². The van der Waals surface area contributed by atoms with E-state index in [4.69, 9.17) is 10.3 Å². The minimum absolute atomic E-state index is 0.0484. The summed E-state index contributed by atoms with van der Waals surface area (Å²) in [5.74, 6) is 0.0484. The molecule has 0 saturated heterocycles. The van der Waals surface area contributed by atoms with Crippen LogP contribution in [0.5, 0.6) is 5.75 Å². The molecule has 16 heavy (non-hydrogen) atoms. The summed E-state index contributed by atoms with van der Waals surface area (Å²) in [6.45, 7) is 0. The van der Waals surface area contributed by atoms with E-state index in [1.807, 2.05) is 0 Å². The molecule has 0 fully saturated rings. The van der Waals surface area contributed by atoms with E-state index in [0.717, 1.165) is 0 Å². The molecule has 0 spiro atoms. The van der Waals surface area contributed by atoms with Gasteiger partial charge < -0.3 is 9.92 Å². The molecule has 5 nitrogen and oxygen atoms in total. The van der Waals surface area contributed by atoms with Crippen molar-refractivity contribution in [1.29, 1.82) is 0 Å². The van der Waals surface area contributed by atoms with Crippen molar-refractivity contribution in [1.82, 2.24) is 0 Å². The van der Waals surface area contributed by atoms with Gasteiger partial charge in [-0.3, -0.25) is 4.55 Å². The fourth-order valence-electron chi connectivity index (χ4n) is 1.48. The van der Waals surface area contributed by atoms with Crippen LogP contribution < -0.4 is 9.92 Å². The largest absolute Gasteiger partial charge is 0.446 e. The lowest BCUT2D eigenvalue weighted by atomic mass is 10.1. The molecule has 84 valence electrons. The molecule has 3 N–H and O–H groups in total. The highest BCUT2D eigenvalue weighted by Crippen LogP contribution is 2.30. The van der Waals surface area contributed by atoms with Crippen molar-refractivity contribution >= 4 is 26.9 Å². The molecule has 0 saturated carbocycles. The van der Waals surface area contributed by atoms with Crippen LogP contribution in [0.25, 0.3) is 10.8 Å². The Labute approximate surface area is 92.4 Å². The predicted molar refractivity (Wildman–Crippen MR) is 60.5 cm³/mol. The van der Waals surface area contributed by atoms with Crippen LogP contribution in [0.4, 0.5) is 5.69 Å². The third-order valence-corrected chi connectivity index (χ3v) is 2.50. The van der Waals surface area contributed by atoms with E-state index in [2.05, 4.69) is 4.18 Å². The van der Waals surface area contributed by atoms with E-state index >= 15 is 0 Å². The second kappa shape index (κ2) is 3.66. The molecule has 0 heterocycles. The Hall–Kier alpha value is -1.79. The molecule has 6 heteroatoms. The normalized spacial score (nSPS) is 11.6. The molecular formula is C10H9NO4S. The highest BCUT2D eigenvalue weighted by atomic mass is 32.3. The summed E-state index contributed by atoms with van der Waals surface area (Å²) < 4.78 is 34.3. The van der Waals surface area contributed by atoms with Crippen LogP contribution >= 0.6 is 0 Å². The molecule has 0 aliphatic rings. The summed E-state index contributed by atoms with van der Waals surface area (Å²) in [5, 5.41) is 1.20. The highest BCUT2D eigenvalue weighted by molar-refractivity contribution is 7.81. The fourth-order valence-corrected chi connectivity index (χ4v) is 1.85. The minimum atomic E-state index is -4.52. The van der Waals surface area contributed by atoms with Gasteiger partial charge >= 0.3 is 10.4 Å². The summed E-state index contributed by atoms with van der Waals surface area (Å²) in [6.07, 6.45) is 0.